The van der Waals surface area contributed by atoms with Crippen LogP contribution in [0.1, 0.15) is 33.9 Å². The van der Waals surface area contributed by atoms with Crippen LogP contribution in [0.3, 0.4) is 0 Å². The maximum Gasteiger partial charge on any atom is 0.254 e. The van der Waals surface area contributed by atoms with Gasteiger partial charge in [-0.25, -0.2) is 8.42 Å². The number of hydrogen-bond acceptors (Lipinski definition) is 3. The van der Waals surface area contributed by atoms with E-state index in [1.165, 1.54) is 11.1 Å². The molecule has 0 aromatic heterocycles. The van der Waals surface area contributed by atoms with Crippen molar-refractivity contribution < 1.29 is 13.2 Å². The van der Waals surface area contributed by atoms with Crippen LogP contribution in [0, 0.1) is 0 Å². The van der Waals surface area contributed by atoms with Crippen molar-refractivity contribution in [3.8, 4) is 0 Å². The van der Waals surface area contributed by atoms with E-state index in [9.17, 15) is 13.2 Å². The van der Waals surface area contributed by atoms with Crippen molar-refractivity contribution in [3.63, 3.8) is 0 Å². The number of nitrogens with zero attached hydrogens (tertiary/aromatic N) is 1. The molecule has 5 nitrogen and oxygen atoms in total. The molecule has 0 saturated carbocycles. The minimum absolute atomic E-state index is 0.0670. The SMILES string of the molecule is CN(C(=O)c1ccc(NS(C)(=O)=O)cc1)C1CCc2ccccc21. The maximum absolute atomic E-state index is 12.7. The predicted octanol–water partition coefficient (Wildman–Crippen LogP) is 2.82. The van der Waals surface area contributed by atoms with Crippen LogP contribution in [-0.2, 0) is 16.4 Å². The minimum Gasteiger partial charge on any atom is -0.335 e. The molecule has 2 aromatic carbocycles. The average molecular weight is 344 g/mol. The molecule has 1 unspecified atom stereocenters. The van der Waals surface area contributed by atoms with E-state index in [1.807, 2.05) is 19.2 Å². The molecule has 1 atom stereocenters. The summed E-state index contributed by atoms with van der Waals surface area (Å²) in [6.45, 7) is 0. The molecule has 0 bridgehead atoms. The molecule has 1 amide bonds. The molecular weight excluding hydrogens is 324 g/mol. The zero-order valence-electron chi connectivity index (χ0n) is 13.7. The van der Waals surface area contributed by atoms with E-state index < -0.39 is 10.0 Å². The zero-order valence-corrected chi connectivity index (χ0v) is 14.5. The fourth-order valence-electron chi connectivity index (χ4n) is 3.18. The molecule has 126 valence electrons. The smallest absolute Gasteiger partial charge is 0.254 e. The molecule has 0 fully saturated rings. The Morgan fingerprint density at radius 2 is 1.79 bits per heavy atom. The Hall–Kier alpha value is -2.34. The topological polar surface area (TPSA) is 66.5 Å². The molecule has 2 aromatic rings. The Morgan fingerprint density at radius 3 is 2.46 bits per heavy atom. The quantitative estimate of drug-likeness (QED) is 0.927. The molecule has 1 N–H and O–H groups in total. The van der Waals surface area contributed by atoms with Gasteiger partial charge < -0.3 is 4.90 Å². The number of sulfonamides is 1. The van der Waals surface area contributed by atoms with Crippen molar-refractivity contribution in [2.24, 2.45) is 0 Å². The summed E-state index contributed by atoms with van der Waals surface area (Å²) >= 11 is 0. The van der Waals surface area contributed by atoms with Crippen molar-refractivity contribution in [2.75, 3.05) is 18.0 Å². The van der Waals surface area contributed by atoms with Crippen molar-refractivity contribution in [1.29, 1.82) is 0 Å². The Kier molecular flexibility index (Phi) is 4.32. The number of carbonyl (C=O) groups excluding carboxylic acids is 1. The van der Waals surface area contributed by atoms with Crippen LogP contribution in [0.2, 0.25) is 0 Å². The summed E-state index contributed by atoms with van der Waals surface area (Å²) < 4.78 is 24.9. The van der Waals surface area contributed by atoms with E-state index in [0.29, 0.717) is 11.3 Å². The van der Waals surface area contributed by atoms with Crippen LogP contribution in [0.5, 0.6) is 0 Å². The van der Waals surface area contributed by atoms with Crippen LogP contribution in [-0.4, -0.2) is 32.5 Å². The van der Waals surface area contributed by atoms with Gasteiger partial charge in [0.2, 0.25) is 10.0 Å². The summed E-state index contributed by atoms with van der Waals surface area (Å²) in [4.78, 5) is 14.5. The fraction of sp³-hybridized carbons (Fsp3) is 0.278. The molecule has 0 saturated heterocycles. The number of carbonyl (C=O) groups is 1. The highest BCUT2D eigenvalue weighted by molar-refractivity contribution is 7.92. The van der Waals surface area contributed by atoms with E-state index in [4.69, 9.17) is 0 Å². The fourth-order valence-corrected chi connectivity index (χ4v) is 3.74. The van der Waals surface area contributed by atoms with Crippen LogP contribution in [0.25, 0.3) is 0 Å². The molecule has 0 radical (unpaired) electrons. The lowest BCUT2D eigenvalue weighted by molar-refractivity contribution is 0.0730. The third-order valence-corrected chi connectivity index (χ3v) is 4.93. The second-order valence-electron chi connectivity index (χ2n) is 6.12. The van der Waals surface area contributed by atoms with Crippen LogP contribution in [0.15, 0.2) is 48.5 Å². The first-order chi connectivity index (χ1) is 11.3. The monoisotopic (exact) mass is 344 g/mol. The standard InChI is InChI=1S/C18H20N2O3S/c1-20(17-12-9-13-5-3-4-6-16(13)17)18(21)14-7-10-15(11-8-14)19-24(2,22)23/h3-8,10-11,17,19H,9,12H2,1-2H3. The van der Waals surface area contributed by atoms with Gasteiger partial charge >= 0.3 is 0 Å². The maximum atomic E-state index is 12.7. The van der Waals surface area contributed by atoms with Gasteiger partial charge in [0.1, 0.15) is 0 Å². The lowest BCUT2D eigenvalue weighted by Gasteiger charge is -2.25. The summed E-state index contributed by atoms with van der Waals surface area (Å²) in [5.41, 5.74) is 3.50. The Bertz CT molecular complexity index is 860. The molecule has 0 aliphatic heterocycles. The molecular formula is C18H20N2O3S. The zero-order chi connectivity index (χ0) is 17.3. The number of fused-ring (bicyclic) bond motifs is 1. The Balaban J connectivity index is 1.77. The first-order valence-electron chi connectivity index (χ1n) is 7.78. The molecule has 6 heteroatoms. The third-order valence-electron chi connectivity index (χ3n) is 4.32. The highest BCUT2D eigenvalue weighted by Crippen LogP contribution is 2.35. The number of nitrogens with one attached hydrogen (secondary N) is 1. The second-order valence-corrected chi connectivity index (χ2v) is 7.87. The number of anilines is 1. The van der Waals surface area contributed by atoms with Crippen LogP contribution in [0.4, 0.5) is 5.69 Å². The van der Waals surface area contributed by atoms with Gasteiger partial charge in [-0.3, -0.25) is 9.52 Å². The Labute approximate surface area is 142 Å². The Morgan fingerprint density at radius 1 is 1.12 bits per heavy atom. The summed E-state index contributed by atoms with van der Waals surface area (Å²) in [5, 5.41) is 0. The first-order valence-corrected chi connectivity index (χ1v) is 9.67. The first kappa shape index (κ1) is 16.5. The minimum atomic E-state index is -3.32. The lowest BCUT2D eigenvalue weighted by Crippen LogP contribution is -2.30. The number of amides is 1. The van der Waals surface area contributed by atoms with Crippen LogP contribution < -0.4 is 4.72 Å². The number of aryl methyl sites for hydroxylation is 1. The third kappa shape index (κ3) is 3.43. The average Bonchev–Trinajstić information content (AvgIpc) is 2.97. The van der Waals surface area contributed by atoms with Crippen molar-refractivity contribution >= 4 is 21.6 Å². The lowest BCUT2D eigenvalue weighted by atomic mass is 10.1. The van der Waals surface area contributed by atoms with E-state index in [1.54, 1.807) is 29.2 Å². The van der Waals surface area contributed by atoms with E-state index in [2.05, 4.69) is 16.9 Å². The van der Waals surface area contributed by atoms with Gasteiger partial charge in [-0.15, -0.1) is 0 Å². The largest absolute Gasteiger partial charge is 0.335 e. The highest BCUT2D eigenvalue weighted by atomic mass is 32.2. The second kappa shape index (κ2) is 6.28. The van der Waals surface area contributed by atoms with E-state index in [-0.39, 0.29) is 11.9 Å². The van der Waals surface area contributed by atoms with Crippen LogP contribution >= 0.6 is 0 Å². The van der Waals surface area contributed by atoms with Gasteiger partial charge in [-0.2, -0.15) is 0 Å². The number of hydrogen-bond donors (Lipinski definition) is 1. The molecule has 3 rings (SSSR count). The van der Waals surface area contributed by atoms with Gasteiger partial charge in [0.25, 0.3) is 5.91 Å². The highest BCUT2D eigenvalue weighted by Gasteiger charge is 2.28. The van der Waals surface area contributed by atoms with Gasteiger partial charge in [0, 0.05) is 18.3 Å². The van der Waals surface area contributed by atoms with Crippen molar-refractivity contribution in [2.45, 2.75) is 18.9 Å². The summed E-state index contributed by atoms with van der Waals surface area (Å²) in [5.74, 6) is -0.0670. The van der Waals surface area contributed by atoms with Crippen molar-refractivity contribution in [1.82, 2.24) is 4.90 Å². The summed E-state index contributed by atoms with van der Waals surface area (Å²) in [6, 6.07) is 14.8. The van der Waals surface area contributed by atoms with Gasteiger partial charge in [-0.1, -0.05) is 24.3 Å². The van der Waals surface area contributed by atoms with E-state index in [0.717, 1.165) is 19.1 Å². The normalized spacial score (nSPS) is 16.5. The van der Waals surface area contributed by atoms with Gasteiger partial charge in [-0.05, 0) is 48.2 Å². The number of benzene rings is 2. The molecule has 1 aliphatic rings. The molecule has 0 heterocycles. The van der Waals surface area contributed by atoms with Gasteiger partial charge in [0.15, 0.2) is 0 Å². The molecule has 24 heavy (non-hydrogen) atoms. The van der Waals surface area contributed by atoms with E-state index >= 15 is 0 Å². The number of rotatable bonds is 4. The molecule has 1 aliphatic carbocycles. The predicted molar refractivity (Wildman–Crippen MR) is 94.5 cm³/mol. The van der Waals surface area contributed by atoms with Crippen molar-refractivity contribution in [3.05, 3.63) is 65.2 Å². The summed E-state index contributed by atoms with van der Waals surface area (Å²) in [7, 11) is -1.50. The molecule has 0 spiro atoms. The summed E-state index contributed by atoms with van der Waals surface area (Å²) in [6.07, 6.45) is 3.00. The van der Waals surface area contributed by atoms with Gasteiger partial charge in [0.05, 0.1) is 12.3 Å².